The number of nitrogens with one attached hydrogen (secondary N) is 1. The highest BCUT2D eigenvalue weighted by Crippen LogP contribution is 2.50. The van der Waals surface area contributed by atoms with Crippen LogP contribution in [0, 0.1) is 0 Å². The van der Waals surface area contributed by atoms with Crippen LogP contribution in [0.5, 0.6) is 0 Å². The largest absolute Gasteiger partial charge is 0.309 e. The second-order valence-electron chi connectivity index (χ2n) is 5.99. The molecule has 2 unspecified atom stereocenters. The average Bonchev–Trinajstić information content (AvgIpc) is 1.91. The first-order valence-electron chi connectivity index (χ1n) is 6.00. The van der Waals surface area contributed by atoms with Gasteiger partial charge >= 0.3 is 0 Å². The Morgan fingerprint density at radius 2 is 1.93 bits per heavy atom. The van der Waals surface area contributed by atoms with E-state index in [1.54, 1.807) is 6.92 Å². The van der Waals surface area contributed by atoms with Crippen LogP contribution in [0.1, 0.15) is 53.4 Å². The Labute approximate surface area is 92.1 Å². The van der Waals surface area contributed by atoms with Gasteiger partial charge < -0.3 is 5.32 Å². The summed E-state index contributed by atoms with van der Waals surface area (Å²) in [6, 6.07) is 0.424. The molecule has 2 rings (SSSR count). The summed E-state index contributed by atoms with van der Waals surface area (Å²) in [5, 5.41) is 3.52. The van der Waals surface area contributed by atoms with E-state index in [9.17, 15) is 4.39 Å². The summed E-state index contributed by atoms with van der Waals surface area (Å²) in [6.45, 7) is 8.17. The molecular formula is C13H22FN. The fourth-order valence-corrected chi connectivity index (χ4v) is 3.42. The summed E-state index contributed by atoms with van der Waals surface area (Å²) in [4.78, 5) is 0. The van der Waals surface area contributed by atoms with Crippen LogP contribution >= 0.6 is 0 Å². The van der Waals surface area contributed by atoms with Crippen molar-refractivity contribution in [2.45, 2.75) is 70.6 Å². The van der Waals surface area contributed by atoms with Crippen LogP contribution in [0.15, 0.2) is 11.1 Å². The predicted molar refractivity (Wildman–Crippen MR) is 61.7 cm³/mol. The van der Waals surface area contributed by atoms with Crippen molar-refractivity contribution < 1.29 is 4.39 Å². The van der Waals surface area contributed by atoms with E-state index in [1.807, 2.05) is 0 Å². The third-order valence-corrected chi connectivity index (χ3v) is 3.70. The minimum atomic E-state index is -1.07. The van der Waals surface area contributed by atoms with Crippen molar-refractivity contribution in [1.82, 2.24) is 5.32 Å². The van der Waals surface area contributed by atoms with Crippen molar-refractivity contribution in [2.75, 3.05) is 0 Å². The van der Waals surface area contributed by atoms with Crippen LogP contribution in [0.25, 0.3) is 0 Å². The summed E-state index contributed by atoms with van der Waals surface area (Å²) in [5.41, 5.74) is 1.37. The van der Waals surface area contributed by atoms with E-state index in [1.165, 1.54) is 5.57 Å². The molecule has 0 spiro atoms. The highest BCUT2D eigenvalue weighted by Gasteiger charge is 2.47. The molecule has 0 aromatic carbocycles. The van der Waals surface area contributed by atoms with E-state index in [0.717, 1.165) is 24.8 Å². The molecule has 2 aliphatic rings. The van der Waals surface area contributed by atoms with Gasteiger partial charge in [0.1, 0.15) is 5.67 Å². The van der Waals surface area contributed by atoms with Gasteiger partial charge in [0.05, 0.1) is 0 Å². The zero-order valence-electron chi connectivity index (χ0n) is 10.3. The number of hydrogen-bond acceptors (Lipinski definition) is 1. The van der Waals surface area contributed by atoms with Crippen LogP contribution in [0.3, 0.4) is 0 Å². The van der Waals surface area contributed by atoms with Crippen LogP contribution in [-0.2, 0) is 0 Å². The third-order valence-electron chi connectivity index (χ3n) is 3.70. The average molecular weight is 211 g/mol. The molecule has 0 aromatic rings. The summed E-state index contributed by atoms with van der Waals surface area (Å²) in [5.74, 6) is 0. The Hall–Kier alpha value is -0.370. The molecular weight excluding hydrogens is 189 g/mol. The molecule has 15 heavy (non-hydrogen) atoms. The van der Waals surface area contributed by atoms with E-state index < -0.39 is 5.67 Å². The lowest BCUT2D eigenvalue weighted by molar-refractivity contribution is 0.117. The Morgan fingerprint density at radius 1 is 1.27 bits per heavy atom. The number of halogens is 1. The summed E-state index contributed by atoms with van der Waals surface area (Å²) in [7, 11) is 0. The molecule has 2 atom stereocenters. The Kier molecular flexibility index (Phi) is 2.45. The molecule has 1 N–H and O–H groups in total. The molecule has 1 nitrogen and oxygen atoms in total. The van der Waals surface area contributed by atoms with Gasteiger partial charge in [0.2, 0.25) is 0 Å². The van der Waals surface area contributed by atoms with E-state index in [2.05, 4.69) is 26.1 Å². The molecule has 0 aromatic heterocycles. The number of rotatable bonds is 2. The zero-order chi connectivity index (χ0) is 11.3. The van der Waals surface area contributed by atoms with Crippen LogP contribution in [0.2, 0.25) is 0 Å². The molecule has 0 aliphatic heterocycles. The molecule has 0 bridgehead atoms. The minimum Gasteiger partial charge on any atom is -0.309 e. The molecule has 0 amide bonds. The van der Waals surface area contributed by atoms with Crippen molar-refractivity contribution >= 4 is 0 Å². The third kappa shape index (κ3) is 1.96. The Bertz CT molecular complexity index is 304. The van der Waals surface area contributed by atoms with Crippen LogP contribution < -0.4 is 5.32 Å². The van der Waals surface area contributed by atoms with E-state index >= 15 is 0 Å². The summed E-state index contributed by atoms with van der Waals surface area (Å²) in [6.07, 6.45) is 3.77. The van der Waals surface area contributed by atoms with E-state index in [-0.39, 0.29) is 5.54 Å². The van der Waals surface area contributed by atoms with Crippen molar-refractivity contribution in [2.24, 2.45) is 0 Å². The van der Waals surface area contributed by atoms with Crippen LogP contribution in [-0.4, -0.2) is 17.2 Å². The van der Waals surface area contributed by atoms with E-state index in [4.69, 9.17) is 0 Å². The van der Waals surface area contributed by atoms with Crippen molar-refractivity contribution in [3.05, 3.63) is 11.1 Å². The van der Waals surface area contributed by atoms with Crippen LogP contribution in [0.4, 0.5) is 4.39 Å². The maximum atomic E-state index is 14.4. The van der Waals surface area contributed by atoms with Gasteiger partial charge in [0, 0.05) is 18.0 Å². The monoisotopic (exact) mass is 211 g/mol. The lowest BCUT2D eigenvalue weighted by Gasteiger charge is -2.48. The van der Waals surface area contributed by atoms with Gasteiger partial charge in [-0.05, 0) is 38.7 Å². The minimum absolute atomic E-state index is 0.0447. The number of allylic oxidation sites excluding steroid dienone is 1. The van der Waals surface area contributed by atoms with E-state index in [0.29, 0.717) is 12.5 Å². The molecule has 0 saturated carbocycles. The lowest BCUT2D eigenvalue weighted by atomic mass is 9.64. The summed E-state index contributed by atoms with van der Waals surface area (Å²) >= 11 is 0. The normalized spacial score (nSPS) is 40.4. The zero-order valence-corrected chi connectivity index (χ0v) is 10.3. The topological polar surface area (TPSA) is 12.0 Å². The van der Waals surface area contributed by atoms with Gasteiger partial charge in [-0.3, -0.25) is 0 Å². The standard InChI is InChI=1S/C13H22FN/c1-9(2)15-12(3)7-10-5-6-11(10)13(4,14)8-12/h9,15H,5-8H2,1-4H3. The predicted octanol–water partition coefficient (Wildman–Crippen LogP) is 3.36. The fourth-order valence-electron chi connectivity index (χ4n) is 3.42. The smallest absolute Gasteiger partial charge is 0.131 e. The highest BCUT2D eigenvalue weighted by molar-refractivity contribution is 5.37. The quantitative estimate of drug-likeness (QED) is 0.691. The molecule has 86 valence electrons. The van der Waals surface area contributed by atoms with Gasteiger partial charge in [-0.15, -0.1) is 0 Å². The number of alkyl halides is 1. The number of hydrogen-bond donors (Lipinski definition) is 1. The molecule has 2 heteroatoms. The molecule has 0 heterocycles. The first kappa shape index (κ1) is 11.1. The molecule has 0 fully saturated rings. The maximum absolute atomic E-state index is 14.4. The van der Waals surface area contributed by atoms with Crippen molar-refractivity contribution in [3.63, 3.8) is 0 Å². The highest BCUT2D eigenvalue weighted by atomic mass is 19.1. The van der Waals surface area contributed by atoms with Gasteiger partial charge in [0.25, 0.3) is 0 Å². The maximum Gasteiger partial charge on any atom is 0.131 e. The van der Waals surface area contributed by atoms with Gasteiger partial charge in [0.15, 0.2) is 0 Å². The summed E-state index contributed by atoms with van der Waals surface area (Å²) < 4.78 is 14.4. The molecule has 2 aliphatic carbocycles. The Balaban J connectivity index is 2.20. The lowest BCUT2D eigenvalue weighted by Crippen LogP contribution is -2.54. The second kappa shape index (κ2) is 3.31. The van der Waals surface area contributed by atoms with Crippen molar-refractivity contribution in [1.29, 1.82) is 0 Å². The first-order valence-corrected chi connectivity index (χ1v) is 6.00. The first-order chi connectivity index (χ1) is 6.82. The second-order valence-corrected chi connectivity index (χ2v) is 5.99. The molecule has 0 radical (unpaired) electrons. The van der Waals surface area contributed by atoms with Gasteiger partial charge in [-0.1, -0.05) is 19.4 Å². The Morgan fingerprint density at radius 3 is 2.33 bits per heavy atom. The van der Waals surface area contributed by atoms with Gasteiger partial charge in [-0.25, -0.2) is 4.39 Å². The fraction of sp³-hybridized carbons (Fsp3) is 0.846. The van der Waals surface area contributed by atoms with Crippen molar-refractivity contribution in [3.8, 4) is 0 Å². The molecule has 0 saturated heterocycles. The SMILES string of the molecule is CC(C)NC1(C)CC2=C(CC2)C(C)(F)C1. The van der Waals surface area contributed by atoms with Gasteiger partial charge in [-0.2, -0.15) is 0 Å².